The zero-order valence-electron chi connectivity index (χ0n) is 38.2. The Morgan fingerprint density at radius 3 is 2.26 bits per heavy atom. The van der Waals surface area contributed by atoms with Crippen LogP contribution in [0.4, 0.5) is 0 Å². The van der Waals surface area contributed by atoms with Gasteiger partial charge in [-0.25, -0.2) is 4.79 Å². The lowest BCUT2D eigenvalue weighted by Gasteiger charge is -2.42. The molecule has 0 spiro atoms. The topological polar surface area (TPSA) is 167 Å². The molecule has 0 radical (unpaired) electrons. The number of Topliss-reactive ketones (excluding diaryl/α,β-unsaturated/α-hetero) is 1. The highest BCUT2D eigenvalue weighted by molar-refractivity contribution is 6.39. The highest BCUT2D eigenvalue weighted by atomic mass is 16.7. The van der Waals surface area contributed by atoms with Crippen LogP contribution in [0.2, 0.25) is 0 Å². The molecule has 13 heteroatoms. The molecule has 4 rings (SSSR count). The molecule has 1 saturated carbocycles. The standard InChI is InChI=1S/C48H75NO12/c1-11-13-16-31(3)25-36(50)27-41(33(5)26-35-19-22-37(23-20-35)59-45(54)47(9)29-57-46(7,8)58-30-47)60-44(53)39-17-14-15-24-49(39)43(52)42(51)48(55)34(6)18-21-38(61-48)28-40(56-10)32(4)12-2/h11,13,16,31,33-41,50,55H,1-2,14-15,17-30H2,3-10H3/b16-13+/t31-,33-,34-,35?,36?,37?,38+,39+,40+,41+,48-/m1/s1. The molecule has 344 valence electrons. The highest BCUT2D eigenvalue weighted by Gasteiger charge is 2.53. The third kappa shape index (κ3) is 13.7. The fourth-order valence-electron chi connectivity index (χ4n) is 9.10. The molecule has 1 unspecified atom stereocenters. The minimum Gasteiger partial charge on any atom is -0.462 e. The minimum atomic E-state index is -2.38. The molecule has 1 aliphatic carbocycles. The van der Waals surface area contributed by atoms with Crippen molar-refractivity contribution < 1.29 is 57.8 Å². The molecule has 9 atom stereocenters. The summed E-state index contributed by atoms with van der Waals surface area (Å²) in [4.78, 5) is 56.7. The number of carbonyl (C=O) groups excluding carboxylic acids is 4. The molecule has 3 heterocycles. The Bertz CT molecular complexity index is 1580. The minimum absolute atomic E-state index is 0.0493. The summed E-state index contributed by atoms with van der Waals surface area (Å²) < 4.78 is 35.4. The molecular weight excluding hydrogens is 783 g/mol. The third-order valence-corrected chi connectivity index (χ3v) is 13.4. The number of amides is 1. The number of methoxy groups -OCH3 is 1. The van der Waals surface area contributed by atoms with Crippen molar-refractivity contribution in [2.45, 2.75) is 180 Å². The van der Waals surface area contributed by atoms with Crippen molar-refractivity contribution in [3.63, 3.8) is 0 Å². The van der Waals surface area contributed by atoms with E-state index in [0.717, 1.165) is 18.4 Å². The SMILES string of the molecule is C=C=C(C)[C@H](C[C@@H]1CC[C@@H](C)[C@](O)(C(=O)C(=O)N2CCCC[C@H]2C(=O)O[C@@H](CC(O)C[C@H](C)/C=C/C=C)[C@H](C)CC2CCC(OC(=O)C3(C)COC(C)(C)OC3)CC2)O1)OC. The van der Waals surface area contributed by atoms with Crippen LogP contribution in [0.1, 0.15) is 132 Å². The number of allylic oxidation sites excluding steroid dienone is 3. The Balaban J connectivity index is 1.43. The van der Waals surface area contributed by atoms with E-state index in [-0.39, 0.29) is 62.1 Å². The van der Waals surface area contributed by atoms with E-state index in [1.807, 2.05) is 46.8 Å². The fourth-order valence-corrected chi connectivity index (χ4v) is 9.10. The summed E-state index contributed by atoms with van der Waals surface area (Å²) in [7, 11) is 1.55. The number of ether oxygens (including phenoxy) is 6. The third-order valence-electron chi connectivity index (χ3n) is 13.4. The summed E-state index contributed by atoms with van der Waals surface area (Å²) in [5.41, 5.74) is 2.72. The van der Waals surface area contributed by atoms with Crippen LogP contribution < -0.4 is 0 Å². The zero-order chi connectivity index (χ0) is 45.1. The second kappa shape index (κ2) is 22.5. The maximum absolute atomic E-state index is 14.2. The maximum atomic E-state index is 14.2. The van der Waals surface area contributed by atoms with Crippen molar-refractivity contribution in [2.75, 3.05) is 26.9 Å². The van der Waals surface area contributed by atoms with E-state index in [4.69, 9.17) is 28.4 Å². The quantitative estimate of drug-likeness (QED) is 0.0597. The number of hydrogen-bond acceptors (Lipinski definition) is 12. The van der Waals surface area contributed by atoms with Crippen molar-refractivity contribution in [3.8, 4) is 0 Å². The molecule has 0 aromatic carbocycles. The average molecular weight is 858 g/mol. The molecular formula is C48H75NO12. The number of ketones is 1. The summed E-state index contributed by atoms with van der Waals surface area (Å²) in [6, 6.07) is -1.04. The van der Waals surface area contributed by atoms with Crippen molar-refractivity contribution >= 4 is 23.6 Å². The number of aliphatic hydroxyl groups is 2. The number of likely N-dealkylation sites (tertiary alicyclic amines) is 1. The molecule has 61 heavy (non-hydrogen) atoms. The number of carbonyl (C=O) groups is 4. The lowest BCUT2D eigenvalue weighted by atomic mass is 9.79. The van der Waals surface area contributed by atoms with Gasteiger partial charge < -0.3 is 43.5 Å². The summed E-state index contributed by atoms with van der Waals surface area (Å²) in [5, 5.41) is 23.1. The van der Waals surface area contributed by atoms with Gasteiger partial charge in [0.15, 0.2) is 5.79 Å². The van der Waals surface area contributed by atoms with Gasteiger partial charge in [0, 0.05) is 32.4 Å². The molecule has 4 fully saturated rings. The van der Waals surface area contributed by atoms with Gasteiger partial charge in [0.05, 0.1) is 31.5 Å². The second-order valence-corrected chi connectivity index (χ2v) is 19.1. The van der Waals surface area contributed by atoms with E-state index < -0.39 is 64.9 Å². The summed E-state index contributed by atoms with van der Waals surface area (Å²) in [5.74, 6) is -6.64. The van der Waals surface area contributed by atoms with Crippen LogP contribution in [0.5, 0.6) is 0 Å². The highest BCUT2D eigenvalue weighted by Crippen LogP contribution is 2.38. The van der Waals surface area contributed by atoms with Crippen molar-refractivity contribution in [3.05, 3.63) is 42.7 Å². The van der Waals surface area contributed by atoms with Gasteiger partial charge in [-0.1, -0.05) is 52.2 Å². The molecule has 2 N–H and O–H groups in total. The van der Waals surface area contributed by atoms with Crippen LogP contribution >= 0.6 is 0 Å². The molecule has 4 aliphatic rings. The van der Waals surface area contributed by atoms with Gasteiger partial charge in [0.25, 0.3) is 11.7 Å². The summed E-state index contributed by atoms with van der Waals surface area (Å²) in [6.45, 7) is 21.0. The number of aliphatic hydroxyl groups excluding tert-OH is 1. The first kappa shape index (κ1) is 50.5. The smallest absolute Gasteiger partial charge is 0.329 e. The van der Waals surface area contributed by atoms with Crippen molar-refractivity contribution in [1.82, 2.24) is 4.90 Å². The average Bonchev–Trinajstić information content (AvgIpc) is 3.23. The lowest BCUT2D eigenvalue weighted by molar-refractivity contribution is -0.282. The van der Waals surface area contributed by atoms with E-state index in [2.05, 4.69) is 18.9 Å². The number of rotatable bonds is 19. The Labute approximate surface area is 364 Å². The molecule has 3 aliphatic heterocycles. The van der Waals surface area contributed by atoms with E-state index in [9.17, 15) is 29.4 Å². The first-order valence-corrected chi connectivity index (χ1v) is 22.6. The molecule has 0 aromatic rings. The molecule has 0 bridgehead atoms. The largest absolute Gasteiger partial charge is 0.462 e. The molecule has 13 nitrogen and oxygen atoms in total. The van der Waals surface area contributed by atoms with Crippen LogP contribution in [0.15, 0.2) is 42.7 Å². The van der Waals surface area contributed by atoms with Crippen LogP contribution in [-0.4, -0.2) is 114 Å². The number of hydrogen-bond donors (Lipinski definition) is 2. The molecule has 0 aromatic heterocycles. The monoisotopic (exact) mass is 858 g/mol. The van der Waals surface area contributed by atoms with Crippen LogP contribution in [0.25, 0.3) is 0 Å². The zero-order valence-corrected chi connectivity index (χ0v) is 38.2. The van der Waals surface area contributed by atoms with Crippen LogP contribution in [0, 0.1) is 29.1 Å². The van der Waals surface area contributed by atoms with Gasteiger partial charge in [-0.15, -0.1) is 5.73 Å². The van der Waals surface area contributed by atoms with Crippen LogP contribution in [0.3, 0.4) is 0 Å². The predicted octanol–water partition coefficient (Wildman–Crippen LogP) is 6.93. The Morgan fingerprint density at radius 1 is 0.967 bits per heavy atom. The number of esters is 2. The van der Waals surface area contributed by atoms with E-state index in [1.165, 1.54) is 4.90 Å². The van der Waals surface area contributed by atoms with E-state index in [1.54, 1.807) is 27.0 Å². The van der Waals surface area contributed by atoms with Gasteiger partial charge in [0.1, 0.15) is 23.7 Å². The van der Waals surface area contributed by atoms with Gasteiger partial charge in [-0.3, -0.25) is 14.4 Å². The molecule has 3 saturated heterocycles. The summed E-state index contributed by atoms with van der Waals surface area (Å²) >= 11 is 0. The van der Waals surface area contributed by atoms with Gasteiger partial charge in [-0.2, -0.15) is 0 Å². The lowest BCUT2D eigenvalue weighted by Crippen LogP contribution is -2.61. The summed E-state index contributed by atoms with van der Waals surface area (Å²) in [6.07, 6.45) is 10.1. The normalized spacial score (nSPS) is 30.2. The van der Waals surface area contributed by atoms with Gasteiger partial charge in [-0.05, 0) is 122 Å². The Morgan fingerprint density at radius 2 is 1.64 bits per heavy atom. The Kier molecular flexibility index (Phi) is 18.6. The molecule has 1 amide bonds. The Hall–Kier alpha value is -3.16. The van der Waals surface area contributed by atoms with Crippen molar-refractivity contribution in [2.24, 2.45) is 29.1 Å². The van der Waals surface area contributed by atoms with Gasteiger partial charge >= 0.3 is 11.9 Å². The van der Waals surface area contributed by atoms with Crippen molar-refractivity contribution in [1.29, 1.82) is 0 Å². The predicted molar refractivity (Wildman–Crippen MR) is 230 cm³/mol. The van der Waals surface area contributed by atoms with E-state index >= 15 is 0 Å². The van der Waals surface area contributed by atoms with E-state index in [0.29, 0.717) is 64.2 Å². The number of nitrogens with zero attached hydrogens (tertiary/aromatic N) is 1. The maximum Gasteiger partial charge on any atom is 0.329 e. The number of piperidine rings is 1. The first-order valence-electron chi connectivity index (χ1n) is 22.6. The van der Waals surface area contributed by atoms with Crippen LogP contribution in [-0.2, 0) is 47.6 Å². The first-order chi connectivity index (χ1) is 28.7. The second-order valence-electron chi connectivity index (χ2n) is 19.1. The fraction of sp³-hybridized carbons (Fsp3) is 0.771. The van der Waals surface area contributed by atoms with Gasteiger partial charge in [0.2, 0.25) is 5.79 Å².